The van der Waals surface area contributed by atoms with Gasteiger partial charge in [-0.05, 0) is 13.3 Å². The monoisotopic (exact) mass is 213 g/mol. The molecule has 84 valence electrons. The number of ether oxygens (including phenoxy) is 1. The largest absolute Gasteiger partial charge is 0.392 e. The number of aliphatic hydroxyl groups excluding tert-OH is 1. The molecule has 1 aliphatic heterocycles. The van der Waals surface area contributed by atoms with Crippen molar-refractivity contribution in [2.24, 2.45) is 0 Å². The van der Waals surface area contributed by atoms with Gasteiger partial charge in [-0.15, -0.1) is 0 Å². The molecule has 0 aromatic carbocycles. The molecular weight excluding hydrogens is 198 g/mol. The molecule has 6 heteroatoms. The number of hydrogen-bond donors (Lipinski definition) is 2. The first-order valence-electron chi connectivity index (χ1n) is 5.11. The Morgan fingerprint density at radius 2 is 2.53 bits per heavy atom. The summed E-state index contributed by atoms with van der Waals surface area (Å²) in [7, 11) is 0. The van der Waals surface area contributed by atoms with Crippen LogP contribution in [0.25, 0.3) is 0 Å². The first-order chi connectivity index (χ1) is 7.29. The number of rotatable bonds is 4. The first kappa shape index (κ1) is 10.5. The summed E-state index contributed by atoms with van der Waals surface area (Å²) in [4.78, 5) is 4.19. The Labute approximate surface area is 87.6 Å². The summed E-state index contributed by atoms with van der Waals surface area (Å²) in [5.41, 5.74) is 0. The van der Waals surface area contributed by atoms with Crippen LogP contribution in [0.5, 0.6) is 0 Å². The molecule has 1 fully saturated rings. The van der Waals surface area contributed by atoms with Crippen LogP contribution in [0.15, 0.2) is 4.52 Å². The Hall–Kier alpha value is -0.980. The lowest BCUT2D eigenvalue weighted by atomic mass is 10.2. The molecule has 2 rings (SSSR count). The fraction of sp³-hybridized carbons (Fsp3) is 0.778. The van der Waals surface area contributed by atoms with Gasteiger partial charge in [-0.2, -0.15) is 4.98 Å². The molecule has 15 heavy (non-hydrogen) atoms. The summed E-state index contributed by atoms with van der Waals surface area (Å²) in [6, 6.07) is -0.0251. The van der Waals surface area contributed by atoms with Crippen LogP contribution in [0, 0.1) is 0 Å². The number of β-amino-alcohol motifs (C(OH)–C–C–N with tert-alkyl or cyclic N) is 1. The Kier molecular flexibility index (Phi) is 3.30. The third-order valence-corrected chi connectivity index (χ3v) is 2.32. The van der Waals surface area contributed by atoms with Gasteiger partial charge >= 0.3 is 0 Å². The molecule has 1 aliphatic rings. The second-order valence-electron chi connectivity index (χ2n) is 3.54. The molecule has 0 spiro atoms. The highest BCUT2D eigenvalue weighted by Crippen LogP contribution is 2.21. The quantitative estimate of drug-likeness (QED) is 0.733. The van der Waals surface area contributed by atoms with E-state index in [-0.39, 0.29) is 12.1 Å². The third-order valence-electron chi connectivity index (χ3n) is 2.32. The lowest BCUT2D eigenvalue weighted by molar-refractivity contribution is 0.126. The minimum absolute atomic E-state index is 0.0251. The van der Waals surface area contributed by atoms with Crippen molar-refractivity contribution >= 4 is 0 Å². The number of hydrogen-bond acceptors (Lipinski definition) is 6. The Morgan fingerprint density at radius 1 is 1.67 bits per heavy atom. The van der Waals surface area contributed by atoms with Crippen molar-refractivity contribution in [1.82, 2.24) is 15.5 Å². The van der Waals surface area contributed by atoms with Crippen molar-refractivity contribution in [3.05, 3.63) is 11.7 Å². The van der Waals surface area contributed by atoms with Crippen LogP contribution in [-0.2, 0) is 11.3 Å². The second kappa shape index (κ2) is 4.69. The molecule has 0 bridgehead atoms. The number of nitrogens with one attached hydrogen (secondary N) is 1. The third kappa shape index (κ3) is 2.53. The molecule has 0 unspecified atom stereocenters. The van der Waals surface area contributed by atoms with Crippen LogP contribution < -0.4 is 5.32 Å². The van der Waals surface area contributed by atoms with Gasteiger partial charge in [0.25, 0.3) is 0 Å². The molecule has 1 saturated heterocycles. The van der Waals surface area contributed by atoms with Crippen molar-refractivity contribution in [1.29, 1.82) is 0 Å². The molecule has 0 saturated carbocycles. The molecule has 1 aromatic rings. The normalized spacial score (nSPS) is 26.0. The van der Waals surface area contributed by atoms with E-state index in [1.807, 2.05) is 6.92 Å². The van der Waals surface area contributed by atoms with Crippen molar-refractivity contribution in [3.8, 4) is 0 Å². The lowest BCUT2D eigenvalue weighted by Gasteiger charge is -2.01. The van der Waals surface area contributed by atoms with Crippen molar-refractivity contribution in [2.75, 3.05) is 13.2 Å². The zero-order valence-corrected chi connectivity index (χ0v) is 8.64. The Bertz CT molecular complexity index is 315. The van der Waals surface area contributed by atoms with Crippen molar-refractivity contribution in [3.63, 3.8) is 0 Å². The fourth-order valence-electron chi connectivity index (χ4n) is 1.57. The standard InChI is InChI=1S/C9H15N3O3/c1-2-14-5-8-11-9(15-12-8)7-3-6(13)4-10-7/h6-7,10,13H,2-5H2,1H3/t6-,7-/m0/s1. The maximum atomic E-state index is 9.33. The van der Waals surface area contributed by atoms with E-state index in [0.717, 1.165) is 0 Å². The van der Waals surface area contributed by atoms with Gasteiger partial charge in [-0.1, -0.05) is 5.16 Å². The predicted octanol–water partition coefficient (Wildman–Crippen LogP) is 0.00140. The Balaban J connectivity index is 1.94. The van der Waals surface area contributed by atoms with Gasteiger partial charge in [0, 0.05) is 13.2 Å². The van der Waals surface area contributed by atoms with Gasteiger partial charge < -0.3 is 19.7 Å². The van der Waals surface area contributed by atoms with E-state index in [9.17, 15) is 5.11 Å². The van der Waals surface area contributed by atoms with E-state index >= 15 is 0 Å². The molecule has 2 heterocycles. The highest BCUT2D eigenvalue weighted by molar-refractivity contribution is 4.96. The predicted molar refractivity (Wildman–Crippen MR) is 51.0 cm³/mol. The Morgan fingerprint density at radius 3 is 3.20 bits per heavy atom. The van der Waals surface area contributed by atoms with Gasteiger partial charge in [0.1, 0.15) is 6.61 Å². The van der Waals surface area contributed by atoms with Gasteiger partial charge in [-0.3, -0.25) is 0 Å². The highest BCUT2D eigenvalue weighted by Gasteiger charge is 2.27. The van der Waals surface area contributed by atoms with Crippen LogP contribution in [0.2, 0.25) is 0 Å². The lowest BCUT2D eigenvalue weighted by Crippen LogP contribution is -2.15. The summed E-state index contributed by atoms with van der Waals surface area (Å²) in [6.45, 7) is 3.49. The number of aliphatic hydroxyl groups is 1. The van der Waals surface area contributed by atoms with Gasteiger partial charge in [-0.25, -0.2) is 0 Å². The van der Waals surface area contributed by atoms with Gasteiger partial charge in [0.15, 0.2) is 5.82 Å². The maximum Gasteiger partial charge on any atom is 0.243 e. The SMILES string of the molecule is CCOCc1noc([C@@H]2C[C@H](O)CN2)n1. The molecule has 6 nitrogen and oxygen atoms in total. The number of aromatic nitrogens is 2. The van der Waals surface area contributed by atoms with Gasteiger partial charge in [0.2, 0.25) is 5.89 Å². The zero-order valence-electron chi connectivity index (χ0n) is 8.64. The van der Waals surface area contributed by atoms with Crippen molar-refractivity contribution in [2.45, 2.75) is 32.1 Å². The molecule has 0 aliphatic carbocycles. The summed E-state index contributed by atoms with van der Waals surface area (Å²) < 4.78 is 10.2. The zero-order chi connectivity index (χ0) is 10.7. The second-order valence-corrected chi connectivity index (χ2v) is 3.54. The highest BCUT2D eigenvalue weighted by atomic mass is 16.5. The van der Waals surface area contributed by atoms with Crippen LogP contribution in [0.3, 0.4) is 0 Å². The van der Waals surface area contributed by atoms with Crippen LogP contribution in [0.4, 0.5) is 0 Å². The topological polar surface area (TPSA) is 80.4 Å². The minimum Gasteiger partial charge on any atom is -0.392 e. The fourth-order valence-corrected chi connectivity index (χ4v) is 1.57. The first-order valence-corrected chi connectivity index (χ1v) is 5.11. The molecule has 2 atom stereocenters. The molecule has 2 N–H and O–H groups in total. The van der Waals surface area contributed by atoms with E-state index in [1.54, 1.807) is 0 Å². The molecule has 0 radical (unpaired) electrons. The van der Waals surface area contributed by atoms with Crippen LogP contribution in [0.1, 0.15) is 31.1 Å². The van der Waals surface area contributed by atoms with Crippen LogP contribution >= 0.6 is 0 Å². The van der Waals surface area contributed by atoms with Crippen LogP contribution in [-0.4, -0.2) is 34.5 Å². The average molecular weight is 213 g/mol. The minimum atomic E-state index is -0.322. The smallest absolute Gasteiger partial charge is 0.243 e. The number of nitrogens with zero attached hydrogens (tertiary/aromatic N) is 2. The molecular formula is C9H15N3O3. The summed E-state index contributed by atoms with van der Waals surface area (Å²) in [5.74, 6) is 1.08. The summed E-state index contributed by atoms with van der Waals surface area (Å²) in [6.07, 6.45) is 0.299. The van der Waals surface area contributed by atoms with E-state index in [2.05, 4.69) is 15.5 Å². The molecule has 0 amide bonds. The van der Waals surface area contributed by atoms with E-state index in [0.29, 0.717) is 37.9 Å². The molecule has 1 aromatic heterocycles. The van der Waals surface area contributed by atoms with E-state index in [4.69, 9.17) is 9.26 Å². The van der Waals surface area contributed by atoms with Crippen molar-refractivity contribution < 1.29 is 14.4 Å². The average Bonchev–Trinajstić information content (AvgIpc) is 2.83. The van der Waals surface area contributed by atoms with Gasteiger partial charge in [0.05, 0.1) is 12.1 Å². The summed E-state index contributed by atoms with van der Waals surface area (Å²) >= 11 is 0. The van der Waals surface area contributed by atoms with E-state index in [1.165, 1.54) is 0 Å². The maximum absolute atomic E-state index is 9.33. The summed E-state index contributed by atoms with van der Waals surface area (Å²) in [5, 5.41) is 16.2. The van der Waals surface area contributed by atoms with E-state index < -0.39 is 0 Å².